The average Bonchev–Trinajstić information content (AvgIpc) is 2.47. The molecule has 1 aromatic carbocycles. The predicted molar refractivity (Wildman–Crippen MR) is 77.1 cm³/mol. The molecule has 0 unspecified atom stereocenters. The number of hydrogen-bond donors (Lipinski definition) is 3. The minimum Gasteiger partial charge on any atom is -0.481 e. The Kier molecular flexibility index (Phi) is 7.13. The number of carbonyl (C=O) groups excluding carboxylic acids is 1. The Hall–Kier alpha value is -2.88. The molecule has 0 radical (unpaired) electrons. The molecule has 0 saturated heterocycles. The first-order chi connectivity index (χ1) is 10.5. The highest BCUT2D eigenvalue weighted by Crippen LogP contribution is 2.03. The first-order valence-corrected chi connectivity index (χ1v) is 6.61. The van der Waals surface area contributed by atoms with Gasteiger partial charge in [0, 0.05) is 19.3 Å². The smallest absolute Gasteiger partial charge is 0.305 e. The van der Waals surface area contributed by atoms with Crippen molar-refractivity contribution in [3.63, 3.8) is 0 Å². The highest BCUT2D eigenvalue weighted by atomic mass is 19.1. The number of hydrogen-bond acceptors (Lipinski definition) is 4. The van der Waals surface area contributed by atoms with Gasteiger partial charge in [0.15, 0.2) is 0 Å². The van der Waals surface area contributed by atoms with Gasteiger partial charge < -0.3 is 15.7 Å². The van der Waals surface area contributed by atoms with Gasteiger partial charge >= 0.3 is 5.97 Å². The zero-order valence-electron chi connectivity index (χ0n) is 11.8. The monoisotopic (exact) mass is 305 g/mol. The van der Waals surface area contributed by atoms with Gasteiger partial charge in [-0.05, 0) is 24.1 Å². The van der Waals surface area contributed by atoms with Crippen molar-refractivity contribution in [3.8, 4) is 6.07 Å². The number of nitriles is 1. The number of nitrogens with zero attached hydrogens (tertiary/aromatic N) is 1. The van der Waals surface area contributed by atoms with Crippen molar-refractivity contribution in [2.75, 3.05) is 13.1 Å². The van der Waals surface area contributed by atoms with Crippen LogP contribution in [-0.2, 0) is 16.0 Å². The van der Waals surface area contributed by atoms with E-state index in [1.54, 1.807) is 18.2 Å². The minimum atomic E-state index is -1.03. The highest BCUT2D eigenvalue weighted by Gasteiger charge is 2.08. The molecule has 0 bridgehead atoms. The summed E-state index contributed by atoms with van der Waals surface area (Å²) in [5, 5.41) is 22.5. The number of benzene rings is 1. The van der Waals surface area contributed by atoms with Crippen LogP contribution in [0.1, 0.15) is 12.0 Å². The summed E-state index contributed by atoms with van der Waals surface area (Å²) in [6.45, 7) is 0.382. The van der Waals surface area contributed by atoms with Gasteiger partial charge in [0.05, 0.1) is 6.42 Å². The van der Waals surface area contributed by atoms with E-state index in [-0.39, 0.29) is 24.4 Å². The number of carboxylic acids is 1. The van der Waals surface area contributed by atoms with Crippen LogP contribution in [0.5, 0.6) is 0 Å². The lowest BCUT2D eigenvalue weighted by Gasteiger charge is -2.04. The van der Waals surface area contributed by atoms with Crippen molar-refractivity contribution in [3.05, 3.63) is 47.4 Å². The van der Waals surface area contributed by atoms with Gasteiger partial charge in [-0.25, -0.2) is 4.39 Å². The summed E-state index contributed by atoms with van der Waals surface area (Å²) in [7, 11) is 0. The molecule has 116 valence electrons. The fourth-order valence-corrected chi connectivity index (χ4v) is 1.61. The fourth-order valence-electron chi connectivity index (χ4n) is 1.61. The molecule has 3 N–H and O–H groups in total. The third-order valence-electron chi connectivity index (χ3n) is 2.68. The lowest BCUT2D eigenvalue weighted by atomic mass is 10.1. The number of amides is 1. The largest absolute Gasteiger partial charge is 0.481 e. The number of aliphatic carboxylic acids is 1. The van der Waals surface area contributed by atoms with Gasteiger partial charge in [-0.2, -0.15) is 5.26 Å². The second kappa shape index (κ2) is 9.13. The minimum absolute atomic E-state index is 0.0452. The van der Waals surface area contributed by atoms with E-state index in [0.717, 1.165) is 5.56 Å². The van der Waals surface area contributed by atoms with E-state index in [0.29, 0.717) is 13.0 Å². The zero-order chi connectivity index (χ0) is 16.4. The fraction of sp³-hybridized carbons (Fsp3) is 0.267. The number of carboxylic acid groups (broad SMARTS) is 1. The van der Waals surface area contributed by atoms with Crippen molar-refractivity contribution in [1.29, 1.82) is 5.26 Å². The van der Waals surface area contributed by atoms with Crippen LogP contribution in [0.4, 0.5) is 4.39 Å². The van der Waals surface area contributed by atoms with E-state index < -0.39 is 11.9 Å². The van der Waals surface area contributed by atoms with Gasteiger partial charge in [-0.3, -0.25) is 9.59 Å². The molecule has 22 heavy (non-hydrogen) atoms. The van der Waals surface area contributed by atoms with Crippen molar-refractivity contribution in [1.82, 2.24) is 10.6 Å². The van der Waals surface area contributed by atoms with E-state index in [1.807, 2.05) is 0 Å². The van der Waals surface area contributed by atoms with E-state index in [1.165, 1.54) is 18.3 Å². The summed E-state index contributed by atoms with van der Waals surface area (Å²) in [4.78, 5) is 21.9. The third-order valence-corrected chi connectivity index (χ3v) is 2.68. The Bertz CT molecular complexity index is 608. The van der Waals surface area contributed by atoms with Crippen LogP contribution < -0.4 is 10.6 Å². The van der Waals surface area contributed by atoms with Gasteiger partial charge in [0.25, 0.3) is 5.91 Å². The molecule has 0 fully saturated rings. The lowest BCUT2D eigenvalue weighted by Crippen LogP contribution is -2.28. The topological polar surface area (TPSA) is 102 Å². The van der Waals surface area contributed by atoms with Crippen LogP contribution >= 0.6 is 0 Å². The van der Waals surface area contributed by atoms with Crippen molar-refractivity contribution < 1.29 is 19.1 Å². The van der Waals surface area contributed by atoms with E-state index in [4.69, 9.17) is 10.4 Å². The maximum Gasteiger partial charge on any atom is 0.305 e. The molecule has 1 amide bonds. The summed E-state index contributed by atoms with van der Waals surface area (Å²) < 4.78 is 13.0. The molecule has 6 nitrogen and oxygen atoms in total. The molecular weight excluding hydrogens is 289 g/mol. The molecule has 0 aliphatic carbocycles. The van der Waals surface area contributed by atoms with Gasteiger partial charge in [0.2, 0.25) is 0 Å². The second-order valence-electron chi connectivity index (χ2n) is 4.40. The Balaban J connectivity index is 2.40. The van der Waals surface area contributed by atoms with Crippen LogP contribution in [0.2, 0.25) is 0 Å². The number of rotatable bonds is 8. The lowest BCUT2D eigenvalue weighted by molar-refractivity contribution is -0.136. The third kappa shape index (κ3) is 6.52. The first kappa shape index (κ1) is 17.2. The van der Waals surface area contributed by atoms with Crippen LogP contribution in [0, 0.1) is 17.1 Å². The predicted octanol–water partition coefficient (Wildman–Crippen LogP) is 0.956. The van der Waals surface area contributed by atoms with Crippen LogP contribution in [0.25, 0.3) is 0 Å². The normalized spacial score (nSPS) is 10.6. The molecule has 1 rings (SSSR count). The number of halogens is 1. The molecule has 0 atom stereocenters. The zero-order valence-corrected chi connectivity index (χ0v) is 11.8. The van der Waals surface area contributed by atoms with Crippen LogP contribution in [0.15, 0.2) is 36.0 Å². The van der Waals surface area contributed by atoms with Crippen molar-refractivity contribution in [2.24, 2.45) is 0 Å². The van der Waals surface area contributed by atoms with Crippen LogP contribution in [0.3, 0.4) is 0 Å². The van der Waals surface area contributed by atoms with Gasteiger partial charge in [0.1, 0.15) is 17.5 Å². The standard InChI is InChI=1S/C15H16FN3O3/c16-13-3-1-2-11(8-13)4-6-18-10-12(9-17)15(22)19-7-5-14(20)21/h1-3,8,10,18H,4-7H2,(H,19,22)(H,20,21)/b12-10-. The molecule has 0 aliphatic heterocycles. The maximum atomic E-state index is 13.0. The summed E-state index contributed by atoms with van der Waals surface area (Å²) in [5.41, 5.74) is 0.648. The van der Waals surface area contributed by atoms with E-state index in [2.05, 4.69) is 10.6 Å². The average molecular weight is 305 g/mol. The molecule has 0 spiro atoms. The Labute approximate surface area is 127 Å². The summed E-state index contributed by atoms with van der Waals surface area (Å²) in [5.74, 6) is -1.98. The molecule has 0 heterocycles. The van der Waals surface area contributed by atoms with Crippen molar-refractivity contribution >= 4 is 11.9 Å². The Morgan fingerprint density at radius 3 is 2.77 bits per heavy atom. The van der Waals surface area contributed by atoms with Crippen molar-refractivity contribution in [2.45, 2.75) is 12.8 Å². The molecule has 0 saturated carbocycles. The van der Waals surface area contributed by atoms with Gasteiger partial charge in [-0.1, -0.05) is 12.1 Å². The van der Waals surface area contributed by atoms with Crippen LogP contribution in [-0.4, -0.2) is 30.1 Å². The Morgan fingerprint density at radius 1 is 1.36 bits per heavy atom. The number of nitrogens with one attached hydrogen (secondary N) is 2. The summed E-state index contributed by atoms with van der Waals surface area (Å²) in [6.07, 6.45) is 1.58. The maximum absolute atomic E-state index is 13.0. The summed E-state index contributed by atoms with van der Waals surface area (Å²) >= 11 is 0. The van der Waals surface area contributed by atoms with E-state index >= 15 is 0 Å². The second-order valence-corrected chi connectivity index (χ2v) is 4.40. The number of carbonyl (C=O) groups is 2. The molecule has 1 aromatic rings. The Morgan fingerprint density at radius 2 is 2.14 bits per heavy atom. The molecule has 0 aromatic heterocycles. The quantitative estimate of drug-likeness (QED) is 0.377. The highest BCUT2D eigenvalue weighted by molar-refractivity contribution is 5.97. The molecule has 0 aliphatic rings. The molecular formula is C15H16FN3O3. The summed E-state index contributed by atoms with van der Waals surface area (Å²) in [6, 6.07) is 7.88. The van der Waals surface area contributed by atoms with Gasteiger partial charge in [-0.15, -0.1) is 0 Å². The SMILES string of the molecule is N#C/C(=C/NCCc1cccc(F)c1)C(=O)NCCC(=O)O. The van der Waals surface area contributed by atoms with E-state index in [9.17, 15) is 14.0 Å². The molecule has 7 heteroatoms. The first-order valence-electron chi connectivity index (χ1n) is 6.61.